The third-order valence-corrected chi connectivity index (χ3v) is 9.57. The van der Waals surface area contributed by atoms with Crippen LogP contribution in [0.2, 0.25) is 0 Å². The maximum Gasteiger partial charge on any atom is 0.136 e. The lowest BCUT2D eigenvalue weighted by Crippen LogP contribution is -2.10. The van der Waals surface area contributed by atoms with E-state index in [1.807, 2.05) is 11.3 Å². The van der Waals surface area contributed by atoms with Gasteiger partial charge in [0.1, 0.15) is 11.2 Å². The summed E-state index contributed by atoms with van der Waals surface area (Å²) in [6, 6.07) is 54.3. The van der Waals surface area contributed by atoms with Crippen LogP contribution in [-0.2, 0) is 0 Å². The Morgan fingerprint density at radius 2 is 1.12 bits per heavy atom. The Morgan fingerprint density at radius 1 is 0.442 bits per heavy atom. The maximum absolute atomic E-state index is 6.36. The molecule has 0 bridgehead atoms. The average molecular weight is 568 g/mol. The third-order valence-electron chi connectivity index (χ3n) is 8.43. The number of nitrogens with zero attached hydrogens (tertiary/aromatic N) is 1. The molecule has 7 aromatic carbocycles. The van der Waals surface area contributed by atoms with Crippen LogP contribution in [0.3, 0.4) is 0 Å². The fraction of sp³-hybridized carbons (Fsp3) is 0. The van der Waals surface area contributed by atoms with Crippen molar-refractivity contribution in [3.05, 3.63) is 152 Å². The van der Waals surface area contributed by atoms with Crippen LogP contribution in [0.5, 0.6) is 0 Å². The fourth-order valence-corrected chi connectivity index (χ4v) is 7.52. The van der Waals surface area contributed by atoms with Gasteiger partial charge in [-0.05, 0) is 88.6 Å². The van der Waals surface area contributed by atoms with Crippen molar-refractivity contribution in [2.45, 2.75) is 0 Å². The molecule has 0 aliphatic heterocycles. The first-order chi connectivity index (χ1) is 21.3. The molecule has 0 N–H and O–H groups in total. The molecule has 2 aromatic heterocycles. The van der Waals surface area contributed by atoms with E-state index in [9.17, 15) is 0 Å². The molecular weight excluding hydrogens is 543 g/mol. The SMILES string of the molecule is c1ccc(N(c2ccc(-c3ccc4c(c3)oc3cc5ccccc5cc34)cc2)c2cccc3sc4ccccc4c23)cc1. The first kappa shape index (κ1) is 24.2. The lowest BCUT2D eigenvalue weighted by molar-refractivity contribution is 0.669. The van der Waals surface area contributed by atoms with Crippen LogP contribution in [0.15, 0.2) is 156 Å². The molecule has 43 heavy (non-hydrogen) atoms. The molecule has 0 aliphatic rings. The summed E-state index contributed by atoms with van der Waals surface area (Å²) < 4.78 is 8.96. The number of rotatable bonds is 4. The number of hydrogen-bond acceptors (Lipinski definition) is 3. The van der Waals surface area contributed by atoms with Crippen molar-refractivity contribution in [1.29, 1.82) is 0 Å². The summed E-state index contributed by atoms with van der Waals surface area (Å²) in [6.07, 6.45) is 0. The molecule has 2 heterocycles. The van der Waals surface area contributed by atoms with Crippen LogP contribution in [0.1, 0.15) is 0 Å². The summed E-state index contributed by atoms with van der Waals surface area (Å²) in [5.41, 5.74) is 7.57. The van der Waals surface area contributed by atoms with Gasteiger partial charge in [-0.25, -0.2) is 0 Å². The van der Waals surface area contributed by atoms with Crippen LogP contribution >= 0.6 is 11.3 Å². The van der Waals surface area contributed by atoms with E-state index in [0.29, 0.717) is 0 Å². The van der Waals surface area contributed by atoms with Crippen LogP contribution < -0.4 is 4.90 Å². The van der Waals surface area contributed by atoms with Crippen LogP contribution in [0.4, 0.5) is 17.1 Å². The molecule has 0 amide bonds. The molecule has 9 aromatic rings. The number of thiophene rings is 1. The molecular formula is C40H25NOS. The summed E-state index contributed by atoms with van der Waals surface area (Å²) in [4.78, 5) is 2.37. The number of benzene rings is 7. The van der Waals surface area contributed by atoms with Crippen molar-refractivity contribution >= 4 is 81.3 Å². The average Bonchev–Trinajstić information content (AvgIpc) is 3.62. The van der Waals surface area contributed by atoms with Crippen LogP contribution in [0, 0.1) is 0 Å². The van der Waals surface area contributed by atoms with Gasteiger partial charge in [0.15, 0.2) is 0 Å². The second-order valence-electron chi connectivity index (χ2n) is 11.0. The zero-order valence-electron chi connectivity index (χ0n) is 23.2. The first-order valence-electron chi connectivity index (χ1n) is 14.5. The highest BCUT2D eigenvalue weighted by atomic mass is 32.1. The van der Waals surface area contributed by atoms with Crippen molar-refractivity contribution in [3.8, 4) is 11.1 Å². The number of hydrogen-bond donors (Lipinski definition) is 0. The molecule has 3 heteroatoms. The summed E-state index contributed by atoms with van der Waals surface area (Å²) in [5, 5.41) is 7.31. The van der Waals surface area contributed by atoms with E-state index in [1.165, 1.54) is 36.6 Å². The molecule has 0 radical (unpaired) electrons. The first-order valence-corrected chi connectivity index (χ1v) is 15.3. The Morgan fingerprint density at radius 3 is 1.98 bits per heavy atom. The third kappa shape index (κ3) is 3.93. The highest BCUT2D eigenvalue weighted by molar-refractivity contribution is 7.26. The predicted octanol–water partition coefficient (Wildman–Crippen LogP) is 12.2. The van der Waals surface area contributed by atoms with Crippen molar-refractivity contribution in [1.82, 2.24) is 0 Å². The lowest BCUT2D eigenvalue weighted by Gasteiger charge is -2.26. The van der Waals surface area contributed by atoms with Crippen molar-refractivity contribution in [2.24, 2.45) is 0 Å². The molecule has 0 aliphatic carbocycles. The minimum atomic E-state index is 0.911. The molecule has 9 rings (SSSR count). The van der Waals surface area contributed by atoms with E-state index in [2.05, 4.69) is 157 Å². The standard InChI is InChI=1S/C40H25NOS/c1-2-11-30(12-3-1)41(35-14-8-16-39-40(35)33-13-6-7-15-38(33)43-39)31-20-17-26(18-21-31)29-19-22-32-34-23-27-9-4-5-10-28(27)24-37(34)42-36(32)25-29/h1-25H. The Hall–Kier alpha value is -5.38. The summed E-state index contributed by atoms with van der Waals surface area (Å²) in [6.45, 7) is 0. The van der Waals surface area contributed by atoms with Gasteiger partial charge >= 0.3 is 0 Å². The van der Waals surface area contributed by atoms with Crippen molar-refractivity contribution in [2.75, 3.05) is 4.90 Å². The fourth-order valence-electron chi connectivity index (χ4n) is 6.39. The molecule has 0 saturated heterocycles. The Balaban J connectivity index is 1.16. The van der Waals surface area contributed by atoms with Crippen LogP contribution in [0.25, 0.3) is 64.0 Å². The molecule has 2 nitrogen and oxygen atoms in total. The second kappa shape index (κ2) is 9.59. The van der Waals surface area contributed by atoms with E-state index in [0.717, 1.165) is 44.4 Å². The van der Waals surface area contributed by atoms with Gasteiger partial charge in [-0.1, -0.05) is 84.9 Å². The van der Waals surface area contributed by atoms with Gasteiger partial charge in [0, 0.05) is 42.3 Å². The number of fused-ring (bicyclic) bond motifs is 7. The van der Waals surface area contributed by atoms with Gasteiger partial charge in [-0.2, -0.15) is 0 Å². The molecule has 0 atom stereocenters. The Bertz CT molecular complexity index is 2450. The van der Waals surface area contributed by atoms with E-state index < -0.39 is 0 Å². The topological polar surface area (TPSA) is 16.4 Å². The van der Waals surface area contributed by atoms with Gasteiger partial charge in [0.05, 0.1) is 5.69 Å². The van der Waals surface area contributed by atoms with E-state index in [4.69, 9.17) is 4.42 Å². The van der Waals surface area contributed by atoms with Gasteiger partial charge in [-0.15, -0.1) is 11.3 Å². The molecule has 202 valence electrons. The Labute approximate surface area is 252 Å². The molecule has 0 spiro atoms. The zero-order valence-corrected chi connectivity index (χ0v) is 24.0. The number of anilines is 3. The zero-order chi connectivity index (χ0) is 28.3. The monoisotopic (exact) mass is 567 g/mol. The van der Waals surface area contributed by atoms with Gasteiger partial charge in [0.25, 0.3) is 0 Å². The van der Waals surface area contributed by atoms with E-state index in [1.54, 1.807) is 0 Å². The van der Waals surface area contributed by atoms with E-state index >= 15 is 0 Å². The van der Waals surface area contributed by atoms with Gasteiger partial charge in [0.2, 0.25) is 0 Å². The highest BCUT2D eigenvalue weighted by Gasteiger charge is 2.18. The quantitative estimate of drug-likeness (QED) is 0.210. The molecule has 0 unspecified atom stereocenters. The van der Waals surface area contributed by atoms with Crippen LogP contribution in [-0.4, -0.2) is 0 Å². The minimum absolute atomic E-state index is 0.911. The maximum atomic E-state index is 6.36. The molecule has 0 saturated carbocycles. The molecule has 0 fully saturated rings. The number of para-hydroxylation sites is 1. The lowest BCUT2D eigenvalue weighted by atomic mass is 10.0. The summed E-state index contributed by atoms with van der Waals surface area (Å²) >= 11 is 1.85. The van der Waals surface area contributed by atoms with E-state index in [-0.39, 0.29) is 0 Å². The van der Waals surface area contributed by atoms with Gasteiger partial charge < -0.3 is 9.32 Å². The summed E-state index contributed by atoms with van der Waals surface area (Å²) in [7, 11) is 0. The second-order valence-corrected chi connectivity index (χ2v) is 12.1. The van der Waals surface area contributed by atoms with Crippen molar-refractivity contribution in [3.63, 3.8) is 0 Å². The predicted molar refractivity (Wildman–Crippen MR) is 184 cm³/mol. The smallest absolute Gasteiger partial charge is 0.136 e. The summed E-state index contributed by atoms with van der Waals surface area (Å²) in [5.74, 6) is 0. The minimum Gasteiger partial charge on any atom is -0.456 e. The van der Waals surface area contributed by atoms with Crippen molar-refractivity contribution < 1.29 is 4.42 Å². The number of furan rings is 1. The normalized spacial score (nSPS) is 11.7. The highest BCUT2D eigenvalue weighted by Crippen LogP contribution is 2.45. The van der Waals surface area contributed by atoms with Gasteiger partial charge in [-0.3, -0.25) is 0 Å². The largest absolute Gasteiger partial charge is 0.456 e. The Kier molecular flexibility index (Phi) is 5.40.